The summed E-state index contributed by atoms with van der Waals surface area (Å²) in [6.45, 7) is 0. The number of nitro benzene ring substituents is 1. The number of allylic oxidation sites excluding steroid dienone is 3. The predicted molar refractivity (Wildman–Crippen MR) is 88.8 cm³/mol. The molecule has 9 heteroatoms. The molecule has 1 aromatic heterocycles. The molecule has 0 saturated carbocycles. The lowest BCUT2D eigenvalue weighted by Gasteiger charge is -2.27. The van der Waals surface area contributed by atoms with E-state index in [0.717, 1.165) is 4.68 Å². The Hall–Kier alpha value is -3.67. The molecule has 0 N–H and O–H groups in total. The number of nitrogens with zero attached hydrogens (tertiary/aromatic N) is 6. The van der Waals surface area contributed by atoms with Gasteiger partial charge in [-0.3, -0.25) is 14.7 Å². The second kappa shape index (κ2) is 6.09. The van der Waals surface area contributed by atoms with Crippen LogP contribution in [0.4, 0.5) is 5.69 Å². The zero-order chi connectivity index (χ0) is 18.1. The third kappa shape index (κ3) is 2.59. The maximum absolute atomic E-state index is 12.6. The van der Waals surface area contributed by atoms with Crippen molar-refractivity contribution in [2.75, 3.05) is 7.05 Å². The molecule has 2 aromatic rings. The number of likely N-dealkylation sites (N-methyl/N-ethyl adjacent to an activating group) is 1. The first-order chi connectivity index (χ1) is 12.0. The molecule has 0 aliphatic carbocycles. The summed E-state index contributed by atoms with van der Waals surface area (Å²) in [6.07, 6.45) is 5.18. The fourth-order valence-electron chi connectivity index (χ4n) is 2.69. The van der Waals surface area contributed by atoms with Crippen molar-refractivity contribution in [1.82, 2.24) is 19.2 Å². The zero-order valence-electron chi connectivity index (χ0n) is 13.5. The van der Waals surface area contributed by atoms with E-state index in [1.807, 2.05) is 0 Å². The summed E-state index contributed by atoms with van der Waals surface area (Å²) in [5.74, 6) is 0.378. The van der Waals surface area contributed by atoms with Crippen molar-refractivity contribution in [3.63, 3.8) is 0 Å². The highest BCUT2D eigenvalue weighted by atomic mass is 16.6. The minimum absolute atomic E-state index is 0.0952. The molecule has 0 radical (unpaired) electrons. The van der Waals surface area contributed by atoms with Crippen LogP contribution >= 0.6 is 0 Å². The van der Waals surface area contributed by atoms with Gasteiger partial charge in [-0.05, 0) is 12.1 Å². The van der Waals surface area contributed by atoms with Crippen LogP contribution in [0.3, 0.4) is 0 Å². The van der Waals surface area contributed by atoms with Gasteiger partial charge in [-0.15, -0.1) is 5.10 Å². The summed E-state index contributed by atoms with van der Waals surface area (Å²) in [4.78, 5) is 24.9. The first-order valence-corrected chi connectivity index (χ1v) is 7.37. The molecular formula is C16H14N6O3. The van der Waals surface area contributed by atoms with E-state index in [-0.39, 0.29) is 11.4 Å². The molecule has 0 bridgehead atoms. The Morgan fingerprint density at radius 3 is 2.72 bits per heavy atom. The van der Waals surface area contributed by atoms with Crippen molar-refractivity contribution in [2.45, 2.75) is 6.04 Å². The number of benzene rings is 1. The van der Waals surface area contributed by atoms with Crippen molar-refractivity contribution >= 4 is 5.69 Å². The maximum Gasteiger partial charge on any atom is 0.350 e. The van der Waals surface area contributed by atoms with Gasteiger partial charge in [0.15, 0.2) is 5.82 Å². The van der Waals surface area contributed by atoms with Crippen molar-refractivity contribution in [3.05, 3.63) is 74.6 Å². The van der Waals surface area contributed by atoms with Gasteiger partial charge in [-0.1, -0.05) is 24.3 Å². The molecule has 1 aliphatic heterocycles. The predicted octanol–water partition coefficient (Wildman–Crippen LogP) is 1.43. The average Bonchev–Trinajstić information content (AvgIpc) is 2.90. The van der Waals surface area contributed by atoms with Crippen LogP contribution in [0.15, 0.2) is 53.0 Å². The highest BCUT2D eigenvalue weighted by Crippen LogP contribution is 2.26. The zero-order valence-corrected chi connectivity index (χ0v) is 13.5. The van der Waals surface area contributed by atoms with Crippen LogP contribution in [0.5, 0.6) is 0 Å². The quantitative estimate of drug-likeness (QED) is 0.618. The standard InChI is InChI=1S/C16H14N6O3/c1-19-11(10-17)6-5-9-14(19)15-18-21(16(23)20(15)2)12-7-3-4-8-13(12)22(24)25/h3-9,14H,1-2H3. The van der Waals surface area contributed by atoms with Crippen LogP contribution in [0.1, 0.15) is 11.9 Å². The number of para-hydroxylation sites is 2. The van der Waals surface area contributed by atoms with E-state index in [4.69, 9.17) is 5.26 Å². The molecule has 0 fully saturated rings. The molecule has 0 amide bonds. The minimum atomic E-state index is -0.556. The molecule has 1 aromatic carbocycles. The van der Waals surface area contributed by atoms with E-state index >= 15 is 0 Å². The largest absolute Gasteiger partial charge is 0.352 e. The molecule has 1 unspecified atom stereocenters. The molecule has 1 aliphatic rings. The number of rotatable bonds is 3. The fourth-order valence-corrected chi connectivity index (χ4v) is 2.69. The third-order valence-electron chi connectivity index (χ3n) is 4.04. The summed E-state index contributed by atoms with van der Waals surface area (Å²) in [7, 11) is 3.26. The average molecular weight is 338 g/mol. The lowest BCUT2D eigenvalue weighted by Crippen LogP contribution is -2.28. The molecule has 3 rings (SSSR count). The number of nitriles is 1. The highest BCUT2D eigenvalue weighted by molar-refractivity contribution is 5.51. The van der Waals surface area contributed by atoms with Crippen molar-refractivity contribution in [3.8, 4) is 11.8 Å². The number of aromatic nitrogens is 3. The molecule has 2 heterocycles. The van der Waals surface area contributed by atoms with Crippen LogP contribution in [0.25, 0.3) is 5.69 Å². The van der Waals surface area contributed by atoms with Crippen LogP contribution in [0, 0.1) is 21.4 Å². The summed E-state index contributed by atoms with van der Waals surface area (Å²) < 4.78 is 2.34. The van der Waals surface area contributed by atoms with E-state index in [2.05, 4.69) is 11.2 Å². The smallest absolute Gasteiger partial charge is 0.350 e. The fraction of sp³-hybridized carbons (Fsp3) is 0.188. The highest BCUT2D eigenvalue weighted by Gasteiger charge is 2.27. The van der Waals surface area contributed by atoms with Gasteiger partial charge in [0, 0.05) is 20.2 Å². The monoisotopic (exact) mass is 338 g/mol. The van der Waals surface area contributed by atoms with Gasteiger partial charge in [0.1, 0.15) is 23.5 Å². The minimum Gasteiger partial charge on any atom is -0.352 e. The van der Waals surface area contributed by atoms with Crippen LogP contribution in [0.2, 0.25) is 0 Å². The summed E-state index contributed by atoms with van der Waals surface area (Å²) >= 11 is 0. The second-order valence-electron chi connectivity index (χ2n) is 5.46. The Morgan fingerprint density at radius 1 is 1.32 bits per heavy atom. The summed E-state index contributed by atoms with van der Waals surface area (Å²) in [5, 5.41) is 24.7. The molecule has 1 atom stereocenters. The van der Waals surface area contributed by atoms with Crippen molar-refractivity contribution in [1.29, 1.82) is 5.26 Å². The summed E-state index contributed by atoms with van der Waals surface area (Å²) in [5.41, 5.74) is -0.184. The van der Waals surface area contributed by atoms with E-state index in [1.165, 1.54) is 22.8 Å². The number of nitro groups is 1. The Labute approximate surface area is 142 Å². The molecule has 0 spiro atoms. The van der Waals surface area contributed by atoms with E-state index in [1.54, 1.807) is 43.3 Å². The molecular weight excluding hydrogens is 324 g/mol. The Balaban J connectivity index is 2.14. The Morgan fingerprint density at radius 2 is 2.04 bits per heavy atom. The van der Waals surface area contributed by atoms with E-state index in [9.17, 15) is 14.9 Å². The first kappa shape index (κ1) is 16.2. The van der Waals surface area contributed by atoms with Gasteiger partial charge in [0.25, 0.3) is 5.69 Å². The number of hydrogen-bond donors (Lipinski definition) is 0. The lowest BCUT2D eigenvalue weighted by atomic mass is 10.1. The van der Waals surface area contributed by atoms with E-state index < -0.39 is 16.7 Å². The molecule has 25 heavy (non-hydrogen) atoms. The van der Waals surface area contributed by atoms with Crippen LogP contribution < -0.4 is 5.69 Å². The maximum atomic E-state index is 12.6. The molecule has 126 valence electrons. The lowest BCUT2D eigenvalue weighted by molar-refractivity contribution is -0.384. The van der Waals surface area contributed by atoms with Gasteiger partial charge in [0.2, 0.25) is 0 Å². The third-order valence-corrected chi connectivity index (χ3v) is 4.04. The van der Waals surface area contributed by atoms with Gasteiger partial charge in [0.05, 0.1) is 4.92 Å². The van der Waals surface area contributed by atoms with Crippen molar-refractivity contribution < 1.29 is 4.92 Å². The molecule has 9 nitrogen and oxygen atoms in total. The van der Waals surface area contributed by atoms with Gasteiger partial charge < -0.3 is 4.90 Å². The second-order valence-corrected chi connectivity index (χ2v) is 5.46. The number of hydrogen-bond acceptors (Lipinski definition) is 6. The topological polar surface area (TPSA) is 110 Å². The Bertz CT molecular complexity index is 1010. The SMILES string of the molecule is CN1C(C#N)=CC=CC1c1nn(-c2ccccc2[N+](=O)[O-])c(=O)n1C. The normalized spacial score (nSPS) is 16.4. The van der Waals surface area contributed by atoms with Gasteiger partial charge in [-0.2, -0.15) is 9.94 Å². The first-order valence-electron chi connectivity index (χ1n) is 7.37. The van der Waals surface area contributed by atoms with Crippen LogP contribution in [-0.4, -0.2) is 31.2 Å². The summed E-state index contributed by atoms with van der Waals surface area (Å²) in [6, 6.07) is 7.56. The van der Waals surface area contributed by atoms with Crippen LogP contribution in [-0.2, 0) is 7.05 Å². The van der Waals surface area contributed by atoms with Gasteiger partial charge >= 0.3 is 5.69 Å². The van der Waals surface area contributed by atoms with Crippen molar-refractivity contribution in [2.24, 2.45) is 7.05 Å². The van der Waals surface area contributed by atoms with E-state index in [0.29, 0.717) is 11.5 Å². The molecule has 0 saturated heterocycles. The Kier molecular flexibility index (Phi) is 3.94. The van der Waals surface area contributed by atoms with Gasteiger partial charge in [-0.25, -0.2) is 4.79 Å².